The number of nitrogens with one attached hydrogen (secondary N) is 1. The lowest BCUT2D eigenvalue weighted by Gasteiger charge is -2.32. The van der Waals surface area contributed by atoms with Crippen molar-refractivity contribution < 1.29 is 9.18 Å². The van der Waals surface area contributed by atoms with Gasteiger partial charge in [-0.2, -0.15) is 0 Å². The number of piperidine rings is 1. The Hall–Kier alpha value is -1.42. The lowest BCUT2D eigenvalue weighted by atomic mass is 10.0. The van der Waals surface area contributed by atoms with E-state index < -0.39 is 0 Å². The first-order valence-corrected chi connectivity index (χ1v) is 6.90. The first kappa shape index (κ1) is 14.0. The molecule has 0 spiro atoms. The molecule has 0 aromatic heterocycles. The summed E-state index contributed by atoms with van der Waals surface area (Å²) in [6.45, 7) is 6.23. The van der Waals surface area contributed by atoms with Crippen molar-refractivity contribution in [2.75, 3.05) is 19.6 Å². The Balaban J connectivity index is 1.99. The van der Waals surface area contributed by atoms with Gasteiger partial charge in [-0.25, -0.2) is 4.39 Å². The van der Waals surface area contributed by atoms with Crippen molar-refractivity contribution in [1.29, 1.82) is 0 Å². The number of carbonyl (C=O) groups excluding carboxylic acids is 1. The average molecular weight is 264 g/mol. The van der Waals surface area contributed by atoms with Crippen LogP contribution in [0.15, 0.2) is 18.2 Å². The van der Waals surface area contributed by atoms with E-state index in [2.05, 4.69) is 12.2 Å². The molecule has 1 amide bonds. The number of aryl methyl sites for hydroxylation is 1. The van der Waals surface area contributed by atoms with Gasteiger partial charge in [0.25, 0.3) is 5.91 Å². The number of benzene rings is 1. The zero-order valence-electron chi connectivity index (χ0n) is 11.6. The van der Waals surface area contributed by atoms with Crippen molar-refractivity contribution >= 4 is 5.91 Å². The highest BCUT2D eigenvalue weighted by atomic mass is 19.1. The van der Waals surface area contributed by atoms with E-state index in [1.807, 2.05) is 4.90 Å². The molecular weight excluding hydrogens is 243 g/mol. The highest BCUT2D eigenvalue weighted by Gasteiger charge is 2.23. The average Bonchev–Trinajstić information content (AvgIpc) is 2.42. The lowest BCUT2D eigenvalue weighted by Crippen LogP contribution is -2.44. The Bertz CT molecular complexity index is 453. The number of amides is 1. The lowest BCUT2D eigenvalue weighted by molar-refractivity contribution is 0.0705. The van der Waals surface area contributed by atoms with Gasteiger partial charge in [0, 0.05) is 24.7 Å². The van der Waals surface area contributed by atoms with Crippen molar-refractivity contribution in [3.8, 4) is 0 Å². The van der Waals surface area contributed by atoms with Crippen molar-refractivity contribution in [3.05, 3.63) is 35.1 Å². The largest absolute Gasteiger partial charge is 0.339 e. The maximum atomic E-state index is 13.5. The van der Waals surface area contributed by atoms with Crippen molar-refractivity contribution in [3.63, 3.8) is 0 Å². The van der Waals surface area contributed by atoms with Crippen LogP contribution in [0, 0.1) is 12.7 Å². The van der Waals surface area contributed by atoms with E-state index in [9.17, 15) is 9.18 Å². The molecule has 19 heavy (non-hydrogen) atoms. The molecule has 0 bridgehead atoms. The van der Waals surface area contributed by atoms with E-state index in [1.54, 1.807) is 19.1 Å². The summed E-state index contributed by atoms with van der Waals surface area (Å²) in [5.41, 5.74) is 1.02. The van der Waals surface area contributed by atoms with Gasteiger partial charge in [0.05, 0.1) is 0 Å². The van der Waals surface area contributed by atoms with E-state index >= 15 is 0 Å². The Morgan fingerprint density at radius 3 is 2.68 bits per heavy atom. The monoisotopic (exact) mass is 264 g/mol. The standard InChI is InChI=1S/C15H21FN2O/c1-3-17-13-6-8-18(9-7-13)15(19)12-5-4-11(2)14(16)10-12/h4-5,10,13,17H,3,6-9H2,1-2H3. The molecule has 1 aliphatic heterocycles. The van der Waals surface area contributed by atoms with Crippen molar-refractivity contribution in [1.82, 2.24) is 10.2 Å². The van der Waals surface area contributed by atoms with Crippen LogP contribution in [0.4, 0.5) is 4.39 Å². The molecule has 1 heterocycles. The Labute approximate surface area is 113 Å². The summed E-state index contributed by atoms with van der Waals surface area (Å²) in [5.74, 6) is -0.373. The maximum absolute atomic E-state index is 13.5. The van der Waals surface area contributed by atoms with E-state index in [0.29, 0.717) is 17.2 Å². The van der Waals surface area contributed by atoms with Gasteiger partial charge in [-0.3, -0.25) is 4.79 Å². The van der Waals surface area contributed by atoms with Crippen LogP contribution in [-0.2, 0) is 0 Å². The normalized spacial score (nSPS) is 16.7. The number of likely N-dealkylation sites (tertiary alicyclic amines) is 1. The smallest absolute Gasteiger partial charge is 0.253 e. The second-order valence-corrected chi connectivity index (χ2v) is 5.09. The summed E-state index contributed by atoms with van der Waals surface area (Å²) in [6.07, 6.45) is 1.93. The highest BCUT2D eigenvalue weighted by molar-refractivity contribution is 5.94. The zero-order valence-corrected chi connectivity index (χ0v) is 11.6. The molecule has 1 saturated heterocycles. The summed E-state index contributed by atoms with van der Waals surface area (Å²) in [4.78, 5) is 14.1. The van der Waals surface area contributed by atoms with Gasteiger partial charge < -0.3 is 10.2 Å². The zero-order chi connectivity index (χ0) is 13.8. The summed E-state index contributed by atoms with van der Waals surface area (Å²) >= 11 is 0. The van der Waals surface area contributed by atoms with Crippen LogP contribution < -0.4 is 5.32 Å². The third-order valence-corrected chi connectivity index (χ3v) is 3.69. The fourth-order valence-corrected chi connectivity index (χ4v) is 2.48. The van der Waals surface area contributed by atoms with Crippen LogP contribution in [-0.4, -0.2) is 36.5 Å². The molecule has 2 rings (SSSR count). The summed E-state index contributed by atoms with van der Waals surface area (Å²) < 4.78 is 13.5. The number of nitrogens with zero attached hydrogens (tertiary/aromatic N) is 1. The molecule has 3 nitrogen and oxygen atoms in total. The SMILES string of the molecule is CCNC1CCN(C(=O)c2ccc(C)c(F)c2)CC1. The third-order valence-electron chi connectivity index (χ3n) is 3.69. The van der Waals surface area contributed by atoms with Gasteiger partial charge in [0.1, 0.15) is 5.82 Å². The van der Waals surface area contributed by atoms with Gasteiger partial charge in [-0.05, 0) is 44.0 Å². The molecule has 0 unspecified atom stereocenters. The van der Waals surface area contributed by atoms with E-state index in [-0.39, 0.29) is 11.7 Å². The third kappa shape index (κ3) is 3.32. The summed E-state index contributed by atoms with van der Waals surface area (Å²) in [7, 11) is 0. The molecule has 0 radical (unpaired) electrons. The molecule has 1 aromatic carbocycles. The molecule has 0 atom stereocenters. The molecule has 0 aliphatic carbocycles. The molecule has 4 heteroatoms. The molecular formula is C15H21FN2O. The Morgan fingerprint density at radius 2 is 2.11 bits per heavy atom. The van der Waals surface area contributed by atoms with Crippen LogP contribution >= 0.6 is 0 Å². The van der Waals surface area contributed by atoms with Crippen LogP contribution in [0.1, 0.15) is 35.7 Å². The van der Waals surface area contributed by atoms with Gasteiger partial charge in [0.15, 0.2) is 0 Å². The van der Waals surface area contributed by atoms with Crippen LogP contribution in [0.25, 0.3) is 0 Å². The van der Waals surface area contributed by atoms with E-state index in [1.165, 1.54) is 6.07 Å². The summed E-state index contributed by atoms with van der Waals surface area (Å²) in [6, 6.07) is 5.21. The Morgan fingerprint density at radius 1 is 1.42 bits per heavy atom. The van der Waals surface area contributed by atoms with Crippen molar-refractivity contribution in [2.45, 2.75) is 32.7 Å². The Kier molecular flexibility index (Phi) is 4.53. The molecule has 0 saturated carbocycles. The number of hydrogen-bond donors (Lipinski definition) is 1. The minimum absolute atomic E-state index is 0.0613. The second-order valence-electron chi connectivity index (χ2n) is 5.09. The molecule has 104 valence electrons. The first-order chi connectivity index (χ1) is 9.11. The number of carbonyl (C=O) groups is 1. The van der Waals surface area contributed by atoms with Crippen LogP contribution in [0.2, 0.25) is 0 Å². The van der Waals surface area contributed by atoms with Crippen LogP contribution in [0.3, 0.4) is 0 Å². The van der Waals surface area contributed by atoms with Gasteiger partial charge in [-0.1, -0.05) is 13.0 Å². The minimum atomic E-state index is -0.312. The topological polar surface area (TPSA) is 32.3 Å². The highest BCUT2D eigenvalue weighted by Crippen LogP contribution is 2.16. The second kappa shape index (κ2) is 6.15. The van der Waals surface area contributed by atoms with E-state index in [0.717, 1.165) is 32.5 Å². The summed E-state index contributed by atoms with van der Waals surface area (Å²) in [5, 5.41) is 3.40. The predicted molar refractivity (Wildman–Crippen MR) is 73.7 cm³/mol. The van der Waals surface area contributed by atoms with Gasteiger partial charge in [0.2, 0.25) is 0 Å². The number of rotatable bonds is 3. The number of halogens is 1. The van der Waals surface area contributed by atoms with Gasteiger partial charge in [-0.15, -0.1) is 0 Å². The van der Waals surface area contributed by atoms with Gasteiger partial charge >= 0.3 is 0 Å². The van der Waals surface area contributed by atoms with Crippen molar-refractivity contribution in [2.24, 2.45) is 0 Å². The fraction of sp³-hybridized carbons (Fsp3) is 0.533. The molecule has 1 aliphatic rings. The fourth-order valence-electron chi connectivity index (χ4n) is 2.48. The van der Waals surface area contributed by atoms with Crippen LogP contribution in [0.5, 0.6) is 0 Å². The first-order valence-electron chi connectivity index (χ1n) is 6.90. The molecule has 1 aromatic rings. The molecule has 1 fully saturated rings. The predicted octanol–water partition coefficient (Wildman–Crippen LogP) is 2.35. The molecule has 1 N–H and O–H groups in total. The number of hydrogen-bond acceptors (Lipinski definition) is 2. The quantitative estimate of drug-likeness (QED) is 0.909. The minimum Gasteiger partial charge on any atom is -0.339 e. The van der Waals surface area contributed by atoms with E-state index in [4.69, 9.17) is 0 Å². The maximum Gasteiger partial charge on any atom is 0.253 e.